The minimum Gasteiger partial charge on any atom is -0.376 e. The Kier molecular flexibility index (Phi) is 4.15. The van der Waals surface area contributed by atoms with Gasteiger partial charge in [0, 0.05) is 25.8 Å². The molecule has 1 aliphatic rings. The minimum absolute atomic E-state index is 0.290. The molecular weight excluding hydrogens is 212 g/mol. The van der Waals surface area contributed by atoms with Gasteiger partial charge in [0.15, 0.2) is 0 Å². The molecule has 1 aliphatic heterocycles. The Morgan fingerprint density at radius 2 is 2.12 bits per heavy atom. The number of likely N-dealkylation sites (N-methyl/N-ethyl adjacent to an activating group) is 1. The molecule has 0 bridgehead atoms. The molecule has 1 unspecified atom stereocenters. The van der Waals surface area contributed by atoms with Crippen LogP contribution in [0.3, 0.4) is 0 Å². The topological polar surface area (TPSA) is 36.3 Å². The van der Waals surface area contributed by atoms with Gasteiger partial charge in [0.2, 0.25) is 0 Å². The second-order valence-corrected chi connectivity index (χ2v) is 4.58. The van der Waals surface area contributed by atoms with E-state index in [4.69, 9.17) is 10.1 Å². The number of hydrogen-bond donors (Lipinski definition) is 1. The molecule has 1 N–H and O–H groups in total. The Morgan fingerprint density at radius 3 is 2.76 bits per heavy atom. The molecule has 1 fully saturated rings. The maximum absolute atomic E-state index is 8.12. The third-order valence-corrected chi connectivity index (χ3v) is 3.18. The second-order valence-electron chi connectivity index (χ2n) is 4.58. The molecule has 1 heterocycles. The van der Waals surface area contributed by atoms with E-state index >= 15 is 0 Å². The lowest BCUT2D eigenvalue weighted by Crippen LogP contribution is -2.37. The molecule has 1 atom stereocenters. The van der Waals surface area contributed by atoms with Crippen molar-refractivity contribution in [3.05, 3.63) is 35.9 Å². The maximum atomic E-state index is 8.12. The van der Waals surface area contributed by atoms with E-state index in [-0.39, 0.29) is 6.10 Å². The van der Waals surface area contributed by atoms with Crippen LogP contribution in [-0.4, -0.2) is 37.0 Å². The normalized spacial score (nSPS) is 19.9. The highest BCUT2D eigenvalue weighted by Crippen LogP contribution is 2.14. The molecule has 17 heavy (non-hydrogen) atoms. The average Bonchev–Trinajstić information content (AvgIpc) is 2.40. The molecule has 1 aromatic carbocycles. The fraction of sp³-hybridized carbons (Fsp3) is 0.500. The van der Waals surface area contributed by atoms with Crippen molar-refractivity contribution in [1.82, 2.24) is 4.90 Å². The monoisotopic (exact) mass is 232 g/mol. The van der Waals surface area contributed by atoms with Gasteiger partial charge in [-0.05, 0) is 19.3 Å². The summed E-state index contributed by atoms with van der Waals surface area (Å²) in [6.45, 7) is 1.69. The van der Waals surface area contributed by atoms with Gasteiger partial charge in [0.1, 0.15) is 5.84 Å². The SMILES string of the molecule is CN(CC1CCCCO1)C(=N)c1ccccc1. The van der Waals surface area contributed by atoms with E-state index in [2.05, 4.69) is 0 Å². The second kappa shape index (κ2) is 5.82. The highest BCUT2D eigenvalue weighted by atomic mass is 16.5. The summed E-state index contributed by atoms with van der Waals surface area (Å²) < 4.78 is 5.70. The van der Waals surface area contributed by atoms with E-state index in [0.29, 0.717) is 5.84 Å². The van der Waals surface area contributed by atoms with Gasteiger partial charge in [0.05, 0.1) is 6.10 Å². The Balaban J connectivity index is 1.91. The van der Waals surface area contributed by atoms with Crippen LogP contribution in [0.15, 0.2) is 30.3 Å². The number of nitrogens with one attached hydrogen (secondary N) is 1. The Morgan fingerprint density at radius 1 is 1.35 bits per heavy atom. The summed E-state index contributed by atoms with van der Waals surface area (Å²) >= 11 is 0. The van der Waals surface area contributed by atoms with Crippen molar-refractivity contribution in [1.29, 1.82) is 5.41 Å². The van der Waals surface area contributed by atoms with Crippen molar-refractivity contribution >= 4 is 5.84 Å². The van der Waals surface area contributed by atoms with Gasteiger partial charge in [0.25, 0.3) is 0 Å². The van der Waals surface area contributed by atoms with Crippen molar-refractivity contribution in [2.45, 2.75) is 25.4 Å². The van der Waals surface area contributed by atoms with Gasteiger partial charge in [-0.2, -0.15) is 0 Å². The number of hydrogen-bond acceptors (Lipinski definition) is 2. The van der Waals surface area contributed by atoms with E-state index in [0.717, 1.165) is 25.1 Å². The van der Waals surface area contributed by atoms with Gasteiger partial charge in [-0.15, -0.1) is 0 Å². The summed E-state index contributed by atoms with van der Waals surface area (Å²) in [6, 6.07) is 9.85. The molecule has 1 saturated heterocycles. The van der Waals surface area contributed by atoms with E-state index in [1.807, 2.05) is 42.3 Å². The lowest BCUT2D eigenvalue weighted by molar-refractivity contribution is 0.00714. The molecule has 0 aliphatic carbocycles. The van der Waals surface area contributed by atoms with Crippen LogP contribution in [0.5, 0.6) is 0 Å². The molecule has 0 radical (unpaired) electrons. The van der Waals surface area contributed by atoms with Gasteiger partial charge < -0.3 is 9.64 Å². The largest absolute Gasteiger partial charge is 0.376 e. The van der Waals surface area contributed by atoms with Crippen LogP contribution < -0.4 is 0 Å². The van der Waals surface area contributed by atoms with Crippen molar-refractivity contribution in [3.8, 4) is 0 Å². The fourth-order valence-electron chi connectivity index (χ4n) is 2.16. The van der Waals surface area contributed by atoms with Gasteiger partial charge in [-0.1, -0.05) is 30.3 Å². The third-order valence-electron chi connectivity index (χ3n) is 3.18. The Labute approximate surface area is 103 Å². The summed E-state index contributed by atoms with van der Waals surface area (Å²) in [5, 5.41) is 8.12. The van der Waals surface area contributed by atoms with Crippen molar-refractivity contribution in [3.63, 3.8) is 0 Å². The third kappa shape index (κ3) is 3.30. The van der Waals surface area contributed by atoms with Crippen molar-refractivity contribution in [2.75, 3.05) is 20.2 Å². The number of ether oxygens (including phenoxy) is 1. The molecular formula is C14H20N2O. The summed E-state index contributed by atoms with van der Waals surface area (Å²) in [6.07, 6.45) is 3.83. The smallest absolute Gasteiger partial charge is 0.127 e. The molecule has 2 rings (SSSR count). The molecule has 0 saturated carbocycles. The first-order valence-electron chi connectivity index (χ1n) is 6.24. The molecule has 0 amide bonds. The first-order chi connectivity index (χ1) is 8.27. The van der Waals surface area contributed by atoms with Crippen LogP contribution in [0.25, 0.3) is 0 Å². The minimum atomic E-state index is 0.290. The zero-order chi connectivity index (χ0) is 12.1. The predicted molar refractivity (Wildman–Crippen MR) is 69.5 cm³/mol. The predicted octanol–water partition coefficient (Wildman–Crippen LogP) is 2.51. The van der Waals surface area contributed by atoms with Crippen LogP contribution in [0.4, 0.5) is 0 Å². The van der Waals surface area contributed by atoms with Crippen LogP contribution in [-0.2, 0) is 4.74 Å². The molecule has 3 nitrogen and oxygen atoms in total. The first-order valence-corrected chi connectivity index (χ1v) is 6.24. The van der Waals surface area contributed by atoms with Crippen molar-refractivity contribution < 1.29 is 4.74 Å². The first kappa shape index (κ1) is 12.1. The number of benzene rings is 1. The lowest BCUT2D eigenvalue weighted by atomic mass is 10.1. The molecule has 0 spiro atoms. The van der Waals surface area contributed by atoms with Gasteiger partial charge in [-0.3, -0.25) is 5.41 Å². The lowest BCUT2D eigenvalue weighted by Gasteiger charge is -2.28. The number of nitrogens with zero attached hydrogens (tertiary/aromatic N) is 1. The van der Waals surface area contributed by atoms with Crippen LogP contribution in [0.2, 0.25) is 0 Å². The highest BCUT2D eigenvalue weighted by molar-refractivity contribution is 5.96. The zero-order valence-electron chi connectivity index (χ0n) is 10.4. The molecule has 0 aromatic heterocycles. The number of rotatable bonds is 3. The quantitative estimate of drug-likeness (QED) is 0.642. The fourth-order valence-corrected chi connectivity index (χ4v) is 2.16. The van der Waals surface area contributed by atoms with E-state index in [1.165, 1.54) is 12.8 Å². The van der Waals surface area contributed by atoms with Gasteiger partial charge >= 0.3 is 0 Å². The Hall–Kier alpha value is -1.35. The van der Waals surface area contributed by atoms with E-state index < -0.39 is 0 Å². The molecule has 1 aromatic rings. The molecule has 3 heteroatoms. The van der Waals surface area contributed by atoms with Crippen LogP contribution >= 0.6 is 0 Å². The summed E-state index contributed by atoms with van der Waals surface area (Å²) in [5.74, 6) is 0.569. The summed E-state index contributed by atoms with van der Waals surface area (Å²) in [7, 11) is 1.97. The number of amidine groups is 1. The molecule has 92 valence electrons. The highest BCUT2D eigenvalue weighted by Gasteiger charge is 2.17. The van der Waals surface area contributed by atoms with E-state index in [1.54, 1.807) is 0 Å². The van der Waals surface area contributed by atoms with E-state index in [9.17, 15) is 0 Å². The zero-order valence-corrected chi connectivity index (χ0v) is 10.4. The average molecular weight is 232 g/mol. The summed E-state index contributed by atoms with van der Waals surface area (Å²) in [4.78, 5) is 1.98. The van der Waals surface area contributed by atoms with Crippen LogP contribution in [0, 0.1) is 5.41 Å². The Bertz CT molecular complexity index is 358. The van der Waals surface area contributed by atoms with Crippen molar-refractivity contribution in [2.24, 2.45) is 0 Å². The maximum Gasteiger partial charge on any atom is 0.127 e. The summed E-state index contributed by atoms with van der Waals surface area (Å²) in [5.41, 5.74) is 0.964. The van der Waals surface area contributed by atoms with Gasteiger partial charge in [-0.25, -0.2) is 0 Å². The standard InChI is InChI=1S/C14H20N2O/c1-16(11-13-9-5-6-10-17-13)14(15)12-7-3-2-4-8-12/h2-4,7-8,13,15H,5-6,9-11H2,1H3. The van der Waals surface area contributed by atoms with Crippen LogP contribution in [0.1, 0.15) is 24.8 Å².